The zero-order chi connectivity index (χ0) is 21.3. The zero-order valence-corrected chi connectivity index (χ0v) is 17.4. The van der Waals surface area contributed by atoms with Crippen molar-refractivity contribution in [2.45, 2.75) is 39.3 Å². The van der Waals surface area contributed by atoms with Crippen LogP contribution in [0.15, 0.2) is 65.5 Å². The number of rotatable bonds is 5. The topological polar surface area (TPSA) is 67.3 Å². The highest BCUT2D eigenvalue weighted by molar-refractivity contribution is 5.81. The largest absolute Gasteiger partial charge is 0.339 e. The molecule has 4 aromatic rings. The highest BCUT2D eigenvalue weighted by Crippen LogP contribution is 2.29. The first-order chi connectivity index (χ1) is 14.3. The lowest BCUT2D eigenvalue weighted by atomic mass is 9.90. The predicted octanol–water partition coefficient (Wildman–Crippen LogP) is 3.41. The number of H-pyrrole nitrogens is 1. The number of nitrogens with one attached hydrogen (secondary N) is 1. The predicted molar refractivity (Wildman–Crippen MR) is 116 cm³/mol. The van der Waals surface area contributed by atoms with E-state index in [4.69, 9.17) is 5.10 Å². The van der Waals surface area contributed by atoms with E-state index in [-0.39, 0.29) is 16.8 Å². The third-order valence-electron chi connectivity index (χ3n) is 5.13. The Kier molecular flexibility index (Phi) is 5.26. The van der Waals surface area contributed by atoms with E-state index in [1.165, 1.54) is 12.1 Å². The summed E-state index contributed by atoms with van der Waals surface area (Å²) in [7, 11) is 0. The number of hydrogen-bond donors (Lipinski definition) is 2. The summed E-state index contributed by atoms with van der Waals surface area (Å²) in [4.78, 5) is 15.8. The number of halogens is 1. The van der Waals surface area contributed by atoms with Crippen molar-refractivity contribution in [2.24, 2.45) is 0 Å². The Morgan fingerprint density at radius 1 is 1.03 bits per heavy atom. The fourth-order valence-corrected chi connectivity index (χ4v) is 3.59. The molecule has 0 unspecified atom stereocenters. The molecule has 2 heterocycles. The second-order valence-corrected chi connectivity index (χ2v) is 8.56. The van der Waals surface area contributed by atoms with Gasteiger partial charge in [-0.05, 0) is 30.3 Å². The molecular weight excluding hydrogens is 379 g/mol. The lowest BCUT2D eigenvalue weighted by Gasteiger charge is -2.15. The fraction of sp³-hybridized carbons (Fsp3) is 0.250. The maximum atomic E-state index is 13.1. The lowest BCUT2D eigenvalue weighted by molar-refractivity contribution is -0.686. The van der Waals surface area contributed by atoms with Gasteiger partial charge in [0.1, 0.15) is 24.6 Å². The Balaban J connectivity index is 1.69. The first-order valence-corrected chi connectivity index (χ1v) is 10.1. The van der Waals surface area contributed by atoms with E-state index in [9.17, 15) is 9.18 Å². The third kappa shape index (κ3) is 4.04. The van der Waals surface area contributed by atoms with Crippen molar-refractivity contribution >= 4 is 11.0 Å². The molecule has 0 amide bonds. The van der Waals surface area contributed by atoms with Crippen LogP contribution in [0, 0.1) is 5.82 Å². The summed E-state index contributed by atoms with van der Waals surface area (Å²) in [6.07, 6.45) is 0. The molecule has 0 radical (unpaired) electrons. The van der Waals surface area contributed by atoms with Gasteiger partial charge in [0.15, 0.2) is 0 Å². The Labute approximate surface area is 174 Å². The SMILES string of the molecule is CC(C)(C)c1nn(-c2ccccc2)c2[nH]c(=O)c(C[NH2+]Cc3ccc(F)cc3)cc12. The number of aromatic amines is 1. The standard InChI is InChI=1S/C24H25FN4O/c1-24(2,3)21-20-13-17(15-26-14-16-9-11-18(25)12-10-16)23(30)27-22(20)29(28-21)19-7-5-4-6-8-19/h4-13,26H,14-15H2,1-3H3,(H,27,30)/p+1. The molecule has 5 nitrogen and oxygen atoms in total. The van der Waals surface area contributed by atoms with Gasteiger partial charge in [-0.2, -0.15) is 5.10 Å². The first-order valence-electron chi connectivity index (χ1n) is 10.1. The number of nitrogens with zero attached hydrogens (tertiary/aromatic N) is 2. The Morgan fingerprint density at radius 2 is 1.73 bits per heavy atom. The first kappa shape index (κ1) is 20.0. The highest BCUT2D eigenvalue weighted by Gasteiger charge is 2.24. The van der Waals surface area contributed by atoms with Gasteiger partial charge in [-0.3, -0.25) is 4.79 Å². The molecule has 3 N–H and O–H groups in total. The smallest absolute Gasteiger partial charge is 0.258 e. The summed E-state index contributed by atoms with van der Waals surface area (Å²) in [5.41, 5.74) is 3.98. The number of pyridine rings is 1. The molecule has 0 saturated heterocycles. The number of nitrogens with two attached hydrogens (primary N) is 1. The van der Waals surface area contributed by atoms with E-state index in [1.54, 1.807) is 12.1 Å². The van der Waals surface area contributed by atoms with Crippen LogP contribution in [0.3, 0.4) is 0 Å². The highest BCUT2D eigenvalue weighted by atomic mass is 19.1. The molecular formula is C24H26FN4O+. The number of quaternary nitrogens is 1. The molecule has 0 atom stereocenters. The van der Waals surface area contributed by atoms with E-state index in [0.717, 1.165) is 22.3 Å². The second kappa shape index (κ2) is 7.88. The monoisotopic (exact) mass is 405 g/mol. The van der Waals surface area contributed by atoms with E-state index in [2.05, 4.69) is 25.8 Å². The number of hydrogen-bond acceptors (Lipinski definition) is 2. The summed E-state index contributed by atoms with van der Waals surface area (Å²) in [5, 5.41) is 7.85. The van der Waals surface area contributed by atoms with Crippen molar-refractivity contribution in [3.63, 3.8) is 0 Å². The van der Waals surface area contributed by atoms with Crippen molar-refractivity contribution in [3.05, 3.63) is 93.7 Å². The number of aromatic nitrogens is 3. The van der Waals surface area contributed by atoms with Crippen LogP contribution in [0.1, 0.15) is 37.6 Å². The molecule has 4 rings (SSSR count). The summed E-state index contributed by atoms with van der Waals surface area (Å²) in [6.45, 7) is 7.57. The average Bonchev–Trinajstić information content (AvgIpc) is 3.09. The van der Waals surface area contributed by atoms with Gasteiger partial charge in [0.25, 0.3) is 5.56 Å². The number of para-hydroxylation sites is 1. The molecule has 0 aliphatic carbocycles. The van der Waals surface area contributed by atoms with Crippen molar-refractivity contribution < 1.29 is 9.71 Å². The minimum absolute atomic E-state index is 0.115. The van der Waals surface area contributed by atoms with Gasteiger partial charge in [0.2, 0.25) is 0 Å². The van der Waals surface area contributed by atoms with Crippen LogP contribution >= 0.6 is 0 Å². The normalized spacial score (nSPS) is 11.9. The summed E-state index contributed by atoms with van der Waals surface area (Å²) < 4.78 is 14.9. The van der Waals surface area contributed by atoms with Crippen molar-refractivity contribution in [1.82, 2.24) is 14.8 Å². The van der Waals surface area contributed by atoms with Crippen LogP contribution in [-0.2, 0) is 18.5 Å². The van der Waals surface area contributed by atoms with E-state index in [1.807, 2.05) is 46.4 Å². The maximum absolute atomic E-state index is 13.1. The molecule has 2 aromatic heterocycles. The van der Waals surface area contributed by atoms with Crippen LogP contribution in [-0.4, -0.2) is 14.8 Å². The Morgan fingerprint density at radius 3 is 2.40 bits per heavy atom. The van der Waals surface area contributed by atoms with Gasteiger partial charge in [0, 0.05) is 16.4 Å². The van der Waals surface area contributed by atoms with Crippen LogP contribution in [0.25, 0.3) is 16.7 Å². The minimum Gasteiger partial charge on any atom is -0.339 e. The molecule has 0 saturated carbocycles. The van der Waals surface area contributed by atoms with Gasteiger partial charge in [-0.1, -0.05) is 51.1 Å². The minimum atomic E-state index is -0.245. The molecule has 0 spiro atoms. The molecule has 154 valence electrons. The second-order valence-electron chi connectivity index (χ2n) is 8.56. The summed E-state index contributed by atoms with van der Waals surface area (Å²) in [5.74, 6) is -0.245. The van der Waals surface area contributed by atoms with Crippen LogP contribution in [0.5, 0.6) is 0 Å². The number of fused-ring (bicyclic) bond motifs is 1. The fourth-order valence-electron chi connectivity index (χ4n) is 3.59. The quantitative estimate of drug-likeness (QED) is 0.534. The molecule has 2 aromatic carbocycles. The third-order valence-corrected chi connectivity index (χ3v) is 5.13. The van der Waals surface area contributed by atoms with Crippen LogP contribution in [0.2, 0.25) is 0 Å². The van der Waals surface area contributed by atoms with Crippen molar-refractivity contribution in [2.75, 3.05) is 0 Å². The Hall–Kier alpha value is -3.25. The van der Waals surface area contributed by atoms with Gasteiger partial charge >= 0.3 is 0 Å². The molecule has 6 heteroatoms. The van der Waals surface area contributed by atoms with Crippen LogP contribution < -0.4 is 10.9 Å². The van der Waals surface area contributed by atoms with Crippen LogP contribution in [0.4, 0.5) is 4.39 Å². The molecule has 0 fully saturated rings. The van der Waals surface area contributed by atoms with E-state index in [0.29, 0.717) is 24.3 Å². The summed E-state index contributed by atoms with van der Waals surface area (Å²) in [6, 6.07) is 18.2. The molecule has 0 bridgehead atoms. The molecule has 30 heavy (non-hydrogen) atoms. The molecule has 0 aliphatic rings. The van der Waals surface area contributed by atoms with E-state index >= 15 is 0 Å². The Bertz CT molecular complexity index is 1220. The number of benzene rings is 2. The lowest BCUT2D eigenvalue weighted by Crippen LogP contribution is -2.81. The van der Waals surface area contributed by atoms with Gasteiger partial charge in [-0.25, -0.2) is 9.07 Å². The van der Waals surface area contributed by atoms with Gasteiger partial charge in [-0.15, -0.1) is 0 Å². The van der Waals surface area contributed by atoms with Gasteiger partial charge < -0.3 is 10.3 Å². The maximum Gasteiger partial charge on any atom is 0.258 e. The molecule has 0 aliphatic heterocycles. The average molecular weight is 405 g/mol. The van der Waals surface area contributed by atoms with Gasteiger partial charge in [0.05, 0.1) is 16.9 Å². The van der Waals surface area contributed by atoms with E-state index < -0.39 is 0 Å². The zero-order valence-electron chi connectivity index (χ0n) is 17.4. The summed E-state index contributed by atoms with van der Waals surface area (Å²) >= 11 is 0. The van der Waals surface area contributed by atoms with Crippen molar-refractivity contribution in [3.8, 4) is 5.69 Å². The van der Waals surface area contributed by atoms with Crippen molar-refractivity contribution in [1.29, 1.82) is 0 Å².